The summed E-state index contributed by atoms with van der Waals surface area (Å²) in [5, 5.41) is 0. The summed E-state index contributed by atoms with van der Waals surface area (Å²) in [6.45, 7) is 4.34. The molecule has 242 valence electrons. The van der Waals surface area contributed by atoms with Gasteiger partial charge in [0.2, 0.25) is 0 Å². The number of aryl methyl sites for hydroxylation is 2. The summed E-state index contributed by atoms with van der Waals surface area (Å²) in [6, 6.07) is 6.02. The van der Waals surface area contributed by atoms with E-state index in [1.165, 1.54) is 128 Å². The lowest BCUT2D eigenvalue weighted by atomic mass is 10.0. The van der Waals surface area contributed by atoms with Crippen molar-refractivity contribution in [1.29, 1.82) is 0 Å². The first-order chi connectivity index (χ1) is 19.9. The van der Waals surface area contributed by atoms with E-state index >= 15 is 0 Å². The number of halogens is 1. The maximum absolute atomic E-state index is 12.5. The molecule has 5 nitrogen and oxygen atoms in total. The maximum atomic E-state index is 12.5. The van der Waals surface area contributed by atoms with Crippen LogP contribution in [0.3, 0.4) is 0 Å². The average Bonchev–Trinajstić information content (AvgIpc) is 3.30. The van der Waals surface area contributed by atoms with Crippen molar-refractivity contribution in [2.24, 2.45) is 0 Å². The summed E-state index contributed by atoms with van der Waals surface area (Å²) in [4.78, 5) is 21.4. The minimum Gasteiger partial charge on any atom is -0.345 e. The summed E-state index contributed by atoms with van der Waals surface area (Å²) in [5.41, 5.74) is 2.83. The first-order valence-corrected chi connectivity index (χ1v) is 17.3. The molecule has 0 unspecified atom stereocenters. The standard InChI is InChI=1S/C36H64N4O.ClH/c1-6-7-8-9-10-11-12-13-14-15-16-17-18-19-20-21-22-23-24-26-35-37-33-31-32(36(41)39(4)5)27-28-34(33)40(35)30-25-29-38(2)3;/h27-28,31H,6-26,29-30H2,1-5H3;1H. The predicted molar refractivity (Wildman–Crippen MR) is 185 cm³/mol. The molecule has 1 heterocycles. The number of carbonyl (C=O) groups excluding carboxylic acids is 1. The summed E-state index contributed by atoms with van der Waals surface area (Å²) in [6.07, 6.45) is 28.8. The number of benzene rings is 1. The van der Waals surface area contributed by atoms with Crippen molar-refractivity contribution in [3.8, 4) is 0 Å². The van der Waals surface area contributed by atoms with Crippen LogP contribution in [0.4, 0.5) is 0 Å². The number of unbranched alkanes of at least 4 members (excludes halogenated alkanes) is 18. The van der Waals surface area contributed by atoms with E-state index in [0.29, 0.717) is 0 Å². The molecule has 1 aromatic heterocycles. The second-order valence-electron chi connectivity index (χ2n) is 12.9. The zero-order valence-electron chi connectivity index (χ0n) is 28.1. The van der Waals surface area contributed by atoms with Crippen LogP contribution in [0.2, 0.25) is 0 Å². The monoisotopic (exact) mass is 604 g/mol. The van der Waals surface area contributed by atoms with Gasteiger partial charge in [-0.25, -0.2) is 4.98 Å². The van der Waals surface area contributed by atoms with Gasteiger partial charge in [0, 0.05) is 32.6 Å². The van der Waals surface area contributed by atoms with Crippen molar-refractivity contribution in [2.75, 3.05) is 34.7 Å². The van der Waals surface area contributed by atoms with Gasteiger partial charge in [0.1, 0.15) is 5.82 Å². The Morgan fingerprint density at radius 3 is 1.62 bits per heavy atom. The highest BCUT2D eigenvalue weighted by Gasteiger charge is 2.14. The van der Waals surface area contributed by atoms with E-state index < -0.39 is 0 Å². The first kappa shape index (κ1) is 38.4. The summed E-state index contributed by atoms with van der Waals surface area (Å²) < 4.78 is 2.40. The number of rotatable bonds is 25. The molecule has 1 aromatic carbocycles. The number of amides is 1. The van der Waals surface area contributed by atoms with E-state index in [-0.39, 0.29) is 18.3 Å². The third-order valence-electron chi connectivity index (χ3n) is 8.47. The van der Waals surface area contributed by atoms with Gasteiger partial charge in [0.15, 0.2) is 0 Å². The number of imidazole rings is 1. The van der Waals surface area contributed by atoms with E-state index in [1.807, 2.05) is 12.1 Å². The minimum atomic E-state index is 0. The molecular weight excluding hydrogens is 540 g/mol. The van der Waals surface area contributed by atoms with Crippen LogP contribution in [0.25, 0.3) is 11.0 Å². The maximum Gasteiger partial charge on any atom is 0.253 e. The van der Waals surface area contributed by atoms with Crippen molar-refractivity contribution < 1.29 is 4.79 Å². The lowest BCUT2D eigenvalue weighted by molar-refractivity contribution is 0.0827. The Morgan fingerprint density at radius 1 is 0.690 bits per heavy atom. The van der Waals surface area contributed by atoms with Crippen LogP contribution in [0, 0.1) is 0 Å². The minimum absolute atomic E-state index is 0. The molecule has 6 heteroatoms. The van der Waals surface area contributed by atoms with Gasteiger partial charge in [-0.1, -0.05) is 122 Å². The lowest BCUT2D eigenvalue weighted by Crippen LogP contribution is -2.21. The van der Waals surface area contributed by atoms with Crippen LogP contribution in [-0.4, -0.2) is 60.0 Å². The molecule has 0 atom stereocenters. The fourth-order valence-electron chi connectivity index (χ4n) is 5.92. The molecule has 0 N–H and O–H groups in total. The SMILES string of the molecule is CCCCCCCCCCCCCCCCCCCCCc1nc2cc(C(=O)N(C)C)ccc2n1CCCN(C)C.Cl. The Bertz CT molecular complexity index is 955. The zero-order valence-corrected chi connectivity index (χ0v) is 28.9. The molecular formula is C36H65ClN4O. The van der Waals surface area contributed by atoms with Gasteiger partial charge in [-0.3, -0.25) is 4.79 Å². The van der Waals surface area contributed by atoms with Gasteiger partial charge in [-0.05, 0) is 51.7 Å². The third kappa shape index (κ3) is 15.8. The molecule has 0 aliphatic heterocycles. The van der Waals surface area contributed by atoms with Crippen LogP contribution in [-0.2, 0) is 13.0 Å². The molecule has 0 spiro atoms. The molecule has 2 aromatic rings. The third-order valence-corrected chi connectivity index (χ3v) is 8.47. The Morgan fingerprint density at radius 2 is 1.17 bits per heavy atom. The highest BCUT2D eigenvalue weighted by molar-refractivity contribution is 5.97. The molecule has 0 bridgehead atoms. The van der Waals surface area contributed by atoms with Crippen LogP contribution in [0.15, 0.2) is 18.2 Å². The number of nitrogens with zero attached hydrogens (tertiary/aromatic N) is 4. The Hall–Kier alpha value is -1.59. The van der Waals surface area contributed by atoms with E-state index in [1.54, 1.807) is 19.0 Å². The van der Waals surface area contributed by atoms with Crippen LogP contribution >= 0.6 is 12.4 Å². The number of hydrogen-bond donors (Lipinski definition) is 0. The Labute approximate surface area is 265 Å². The fourth-order valence-corrected chi connectivity index (χ4v) is 5.92. The molecule has 0 saturated heterocycles. The van der Waals surface area contributed by atoms with Gasteiger partial charge in [0.25, 0.3) is 5.91 Å². The van der Waals surface area contributed by atoms with Crippen molar-refractivity contribution in [1.82, 2.24) is 19.4 Å². The van der Waals surface area contributed by atoms with Gasteiger partial charge in [-0.2, -0.15) is 0 Å². The predicted octanol–water partition coefficient (Wildman–Crippen LogP) is 10.1. The van der Waals surface area contributed by atoms with Crippen LogP contribution < -0.4 is 0 Å². The van der Waals surface area contributed by atoms with E-state index in [9.17, 15) is 4.79 Å². The number of aromatic nitrogens is 2. The quantitative estimate of drug-likeness (QED) is 0.106. The van der Waals surface area contributed by atoms with E-state index in [4.69, 9.17) is 4.98 Å². The first-order valence-electron chi connectivity index (χ1n) is 17.3. The highest BCUT2D eigenvalue weighted by atomic mass is 35.5. The van der Waals surface area contributed by atoms with Crippen molar-refractivity contribution >= 4 is 29.3 Å². The van der Waals surface area contributed by atoms with Gasteiger partial charge in [-0.15, -0.1) is 12.4 Å². The van der Waals surface area contributed by atoms with E-state index in [0.717, 1.165) is 42.5 Å². The molecule has 0 radical (unpaired) electrons. The van der Waals surface area contributed by atoms with Gasteiger partial charge >= 0.3 is 0 Å². The number of carbonyl (C=O) groups is 1. The molecule has 42 heavy (non-hydrogen) atoms. The summed E-state index contributed by atoms with van der Waals surface area (Å²) >= 11 is 0. The average molecular weight is 605 g/mol. The summed E-state index contributed by atoms with van der Waals surface area (Å²) in [5.74, 6) is 1.22. The molecule has 2 rings (SSSR count). The zero-order chi connectivity index (χ0) is 29.7. The molecule has 0 fully saturated rings. The molecule has 0 aliphatic rings. The molecule has 0 saturated carbocycles. The number of hydrogen-bond acceptors (Lipinski definition) is 3. The van der Waals surface area contributed by atoms with Crippen LogP contribution in [0.1, 0.15) is 152 Å². The highest BCUT2D eigenvalue weighted by Crippen LogP contribution is 2.22. The van der Waals surface area contributed by atoms with Gasteiger partial charge < -0.3 is 14.4 Å². The van der Waals surface area contributed by atoms with Gasteiger partial charge in [0.05, 0.1) is 11.0 Å². The second-order valence-corrected chi connectivity index (χ2v) is 12.9. The van der Waals surface area contributed by atoms with E-state index in [2.05, 4.69) is 36.6 Å². The summed E-state index contributed by atoms with van der Waals surface area (Å²) in [7, 11) is 7.87. The largest absolute Gasteiger partial charge is 0.345 e. The molecule has 0 aliphatic carbocycles. The van der Waals surface area contributed by atoms with Crippen molar-refractivity contribution in [2.45, 2.75) is 148 Å². The number of fused-ring (bicyclic) bond motifs is 1. The normalized spacial score (nSPS) is 11.4. The topological polar surface area (TPSA) is 41.4 Å². The fraction of sp³-hybridized carbons (Fsp3) is 0.778. The molecule has 1 amide bonds. The Balaban J connectivity index is 0.00000882. The Kier molecular flexibility index (Phi) is 21.8. The van der Waals surface area contributed by atoms with Crippen molar-refractivity contribution in [3.05, 3.63) is 29.6 Å². The van der Waals surface area contributed by atoms with Crippen LogP contribution in [0.5, 0.6) is 0 Å². The second kappa shape index (κ2) is 23.8. The van der Waals surface area contributed by atoms with Crippen molar-refractivity contribution in [3.63, 3.8) is 0 Å². The lowest BCUT2D eigenvalue weighted by Gasteiger charge is -2.13. The smallest absolute Gasteiger partial charge is 0.253 e.